The van der Waals surface area contributed by atoms with Gasteiger partial charge in [0.2, 0.25) is 0 Å². The largest absolute Gasteiger partial charge is 0.328 e. The smallest absolute Gasteiger partial charge is 0.282 e. The summed E-state index contributed by atoms with van der Waals surface area (Å²) in [6.45, 7) is 7.89. The number of nitrogens with zero attached hydrogens (tertiary/aromatic N) is 2. The molecule has 272 valence electrons. The first kappa shape index (κ1) is 44.8. The van der Waals surface area contributed by atoms with Gasteiger partial charge in [-0.15, -0.1) is 3.63 Å². The Hall–Kier alpha value is -0.220. The van der Waals surface area contributed by atoms with Crippen molar-refractivity contribution in [2.24, 2.45) is 0 Å². The molecular weight excluding hydrogens is 605 g/mol. The Kier molecular flexibility index (Phi) is 26.6. The molecule has 0 unspecified atom stereocenters. The minimum absolute atomic E-state index is 0.257. The van der Waals surface area contributed by atoms with Crippen molar-refractivity contribution in [3.8, 4) is 0 Å². The SMILES string of the molecule is CCCCCCCCCCCCCC[N+](C)(C)CCCS(=O)(=O)OS(=O)(=O)CCC[N+](C)(C)CCCCCCCCCCCC. The van der Waals surface area contributed by atoms with E-state index in [1.807, 2.05) is 0 Å². The maximum absolute atomic E-state index is 12.5. The fourth-order valence-electron chi connectivity index (χ4n) is 6.20. The standard InChI is InChI=1S/C36H78N2O5S2/c1-7-9-11-13-15-17-19-20-22-24-26-28-32-38(5,6)34-30-36-45(41,42)43-44(39,40)35-29-33-37(3,4)31-27-25-23-21-18-16-14-12-10-8-2/h7-36H2,1-6H3/q+2. The zero-order valence-corrected chi connectivity index (χ0v) is 32.6. The van der Waals surface area contributed by atoms with Crippen molar-refractivity contribution in [3.63, 3.8) is 0 Å². The van der Waals surface area contributed by atoms with Gasteiger partial charge in [0.15, 0.2) is 0 Å². The van der Waals surface area contributed by atoms with Crippen molar-refractivity contribution in [3.05, 3.63) is 0 Å². The number of unbranched alkanes of at least 4 members (excludes halogenated alkanes) is 20. The minimum Gasteiger partial charge on any atom is -0.328 e. The number of hydrogen-bond donors (Lipinski definition) is 0. The average molecular weight is 683 g/mol. The second-order valence-electron chi connectivity index (χ2n) is 15.1. The van der Waals surface area contributed by atoms with E-state index in [9.17, 15) is 16.8 Å². The van der Waals surface area contributed by atoms with Gasteiger partial charge in [-0.3, -0.25) is 0 Å². The van der Waals surface area contributed by atoms with E-state index in [0.29, 0.717) is 25.9 Å². The van der Waals surface area contributed by atoms with Crippen molar-refractivity contribution in [1.82, 2.24) is 0 Å². The van der Waals surface area contributed by atoms with Crippen LogP contribution >= 0.6 is 0 Å². The Balaban J connectivity index is 4.03. The van der Waals surface area contributed by atoms with Gasteiger partial charge in [0.1, 0.15) is 0 Å². The molecule has 0 saturated carbocycles. The summed E-state index contributed by atoms with van der Waals surface area (Å²) in [5.41, 5.74) is 0. The monoisotopic (exact) mass is 683 g/mol. The summed E-state index contributed by atoms with van der Waals surface area (Å²) in [5.74, 6) is -0.515. The van der Waals surface area contributed by atoms with Crippen LogP contribution in [0, 0.1) is 0 Å². The number of quaternary nitrogens is 2. The van der Waals surface area contributed by atoms with E-state index in [-0.39, 0.29) is 11.5 Å². The van der Waals surface area contributed by atoms with E-state index < -0.39 is 20.2 Å². The third-order valence-electron chi connectivity index (χ3n) is 9.26. The first-order chi connectivity index (χ1) is 21.2. The lowest BCUT2D eigenvalue weighted by Crippen LogP contribution is -2.42. The van der Waals surface area contributed by atoms with Gasteiger partial charge in [0.05, 0.1) is 65.9 Å². The van der Waals surface area contributed by atoms with Crippen LogP contribution in [0.2, 0.25) is 0 Å². The molecule has 0 aliphatic carbocycles. The van der Waals surface area contributed by atoms with Gasteiger partial charge < -0.3 is 8.97 Å². The Labute approximate surface area is 282 Å². The van der Waals surface area contributed by atoms with Crippen LogP contribution in [-0.2, 0) is 23.9 Å². The van der Waals surface area contributed by atoms with Crippen LogP contribution in [0.4, 0.5) is 0 Å². The third kappa shape index (κ3) is 30.8. The van der Waals surface area contributed by atoms with Crippen LogP contribution in [0.25, 0.3) is 0 Å². The van der Waals surface area contributed by atoms with Crippen molar-refractivity contribution < 1.29 is 29.4 Å². The molecule has 0 rings (SSSR count). The Bertz CT molecular complexity index is 889. The summed E-state index contributed by atoms with van der Waals surface area (Å²) in [7, 11) is 0.268. The lowest BCUT2D eigenvalue weighted by atomic mass is 10.1. The minimum atomic E-state index is -4.11. The molecule has 0 heterocycles. The zero-order valence-electron chi connectivity index (χ0n) is 31.0. The molecule has 0 aliphatic heterocycles. The molecule has 7 nitrogen and oxygen atoms in total. The van der Waals surface area contributed by atoms with Crippen LogP contribution in [-0.4, -0.2) is 91.7 Å². The zero-order chi connectivity index (χ0) is 33.9. The van der Waals surface area contributed by atoms with Gasteiger partial charge >= 0.3 is 0 Å². The molecule has 0 bridgehead atoms. The van der Waals surface area contributed by atoms with Crippen LogP contribution < -0.4 is 0 Å². The molecule has 0 aromatic rings. The van der Waals surface area contributed by atoms with Crippen LogP contribution in [0.1, 0.15) is 168 Å². The highest BCUT2D eigenvalue weighted by Crippen LogP contribution is 2.15. The second kappa shape index (κ2) is 26.7. The van der Waals surface area contributed by atoms with Gasteiger partial charge in [0.25, 0.3) is 20.2 Å². The third-order valence-corrected chi connectivity index (χ3v) is 12.5. The highest BCUT2D eigenvalue weighted by Gasteiger charge is 2.25. The van der Waals surface area contributed by atoms with E-state index in [0.717, 1.165) is 34.9 Å². The van der Waals surface area contributed by atoms with E-state index in [2.05, 4.69) is 42.0 Å². The molecular formula is C36H78N2O5S2+2. The van der Waals surface area contributed by atoms with Crippen LogP contribution in [0.15, 0.2) is 0 Å². The molecule has 45 heavy (non-hydrogen) atoms. The average Bonchev–Trinajstić information content (AvgIpc) is 2.93. The second-order valence-corrected chi connectivity index (χ2v) is 18.7. The molecule has 0 spiro atoms. The quantitative estimate of drug-likeness (QED) is 0.0500. The Morgan fingerprint density at radius 2 is 0.578 bits per heavy atom. The lowest BCUT2D eigenvalue weighted by Gasteiger charge is -2.30. The fraction of sp³-hybridized carbons (Fsp3) is 1.00. The molecule has 0 amide bonds. The summed E-state index contributed by atoms with van der Waals surface area (Å²) >= 11 is 0. The van der Waals surface area contributed by atoms with E-state index >= 15 is 0 Å². The fourth-order valence-corrected chi connectivity index (χ4v) is 8.97. The molecule has 0 radical (unpaired) electrons. The maximum Gasteiger partial charge on any atom is 0.282 e. The Morgan fingerprint density at radius 1 is 0.356 bits per heavy atom. The van der Waals surface area contributed by atoms with E-state index in [1.54, 1.807) is 0 Å². The van der Waals surface area contributed by atoms with Crippen molar-refractivity contribution >= 4 is 20.2 Å². The lowest BCUT2D eigenvalue weighted by molar-refractivity contribution is -0.890. The topological polar surface area (TPSA) is 77.5 Å². The first-order valence-corrected chi connectivity index (χ1v) is 22.2. The van der Waals surface area contributed by atoms with Gasteiger partial charge in [-0.1, -0.05) is 129 Å². The summed E-state index contributed by atoms with van der Waals surface area (Å²) in [4.78, 5) is 0. The summed E-state index contributed by atoms with van der Waals surface area (Å²) in [5, 5.41) is 0. The molecule has 0 aromatic heterocycles. The summed E-state index contributed by atoms with van der Waals surface area (Å²) in [6, 6.07) is 0. The van der Waals surface area contributed by atoms with E-state index in [4.69, 9.17) is 3.63 Å². The molecule has 0 saturated heterocycles. The van der Waals surface area contributed by atoms with Gasteiger partial charge in [0, 0.05) is 12.8 Å². The molecule has 9 heteroatoms. The van der Waals surface area contributed by atoms with Crippen molar-refractivity contribution in [1.29, 1.82) is 0 Å². The molecule has 0 aromatic carbocycles. The van der Waals surface area contributed by atoms with Gasteiger partial charge in [-0.25, -0.2) is 0 Å². The number of hydrogen-bond acceptors (Lipinski definition) is 5. The summed E-state index contributed by atoms with van der Waals surface area (Å²) < 4.78 is 56.1. The van der Waals surface area contributed by atoms with Crippen LogP contribution in [0.3, 0.4) is 0 Å². The van der Waals surface area contributed by atoms with Gasteiger partial charge in [-0.2, -0.15) is 16.8 Å². The normalized spacial score (nSPS) is 13.1. The van der Waals surface area contributed by atoms with E-state index in [1.165, 1.54) is 128 Å². The summed E-state index contributed by atoms with van der Waals surface area (Å²) in [6.07, 6.45) is 29.6. The molecule has 0 aliphatic rings. The first-order valence-electron chi connectivity index (χ1n) is 19.0. The molecule has 0 N–H and O–H groups in total. The molecule has 0 atom stereocenters. The van der Waals surface area contributed by atoms with Crippen LogP contribution in [0.5, 0.6) is 0 Å². The van der Waals surface area contributed by atoms with Crippen molar-refractivity contribution in [2.75, 3.05) is 65.9 Å². The predicted molar refractivity (Wildman–Crippen MR) is 194 cm³/mol. The highest BCUT2D eigenvalue weighted by atomic mass is 32.3. The number of rotatable bonds is 34. The highest BCUT2D eigenvalue weighted by molar-refractivity contribution is 7.99. The predicted octanol–water partition coefficient (Wildman–Crippen LogP) is 9.22. The maximum atomic E-state index is 12.5. The van der Waals surface area contributed by atoms with Crippen molar-refractivity contribution in [2.45, 2.75) is 168 Å². The van der Waals surface area contributed by atoms with Gasteiger partial charge in [-0.05, 0) is 25.7 Å². The molecule has 0 fully saturated rings. The Morgan fingerprint density at radius 3 is 0.844 bits per heavy atom.